The minimum Gasteiger partial charge on any atom is -0.484 e. The van der Waals surface area contributed by atoms with E-state index in [0.717, 1.165) is 11.1 Å². The van der Waals surface area contributed by atoms with Crippen molar-refractivity contribution in [3.63, 3.8) is 0 Å². The number of rotatable bonds is 6. The minimum atomic E-state index is -0.509. The number of nitrogens with one attached hydrogen (secondary N) is 1. The van der Waals surface area contributed by atoms with Crippen molar-refractivity contribution in [2.24, 2.45) is 0 Å². The number of aryl methyl sites for hydroxylation is 1. The van der Waals surface area contributed by atoms with Gasteiger partial charge in [-0.2, -0.15) is 0 Å². The van der Waals surface area contributed by atoms with E-state index < -0.39 is 5.97 Å². The van der Waals surface area contributed by atoms with Crippen LogP contribution in [0, 0.1) is 6.92 Å². The monoisotopic (exact) mass is 415 g/mol. The highest BCUT2D eigenvalue weighted by atomic mass is 35.5. The Kier molecular flexibility index (Phi) is 6.34. The number of ether oxygens (including phenoxy) is 2. The standard InChI is InChI=1S/C21H18ClNO4S/c1-13-3-5-14(6-4-13)17-12-28-20(19(17)21(25)26-2)23-18(24)11-27-16-9-7-15(22)8-10-16/h3-10,12H,11H2,1-2H3,(H,23,24). The van der Waals surface area contributed by atoms with Crippen LogP contribution in [0.1, 0.15) is 15.9 Å². The molecular weight excluding hydrogens is 398 g/mol. The van der Waals surface area contributed by atoms with Gasteiger partial charge in [-0.15, -0.1) is 11.3 Å². The van der Waals surface area contributed by atoms with E-state index in [2.05, 4.69) is 5.32 Å². The normalized spacial score (nSPS) is 10.4. The Hall–Kier alpha value is -2.83. The molecule has 0 radical (unpaired) electrons. The topological polar surface area (TPSA) is 64.6 Å². The first kappa shape index (κ1) is 19.9. The van der Waals surface area contributed by atoms with Gasteiger partial charge in [-0.25, -0.2) is 4.79 Å². The average molecular weight is 416 g/mol. The van der Waals surface area contributed by atoms with Crippen LogP contribution in [-0.2, 0) is 9.53 Å². The summed E-state index contributed by atoms with van der Waals surface area (Å²) >= 11 is 7.09. The van der Waals surface area contributed by atoms with E-state index >= 15 is 0 Å². The summed E-state index contributed by atoms with van der Waals surface area (Å²) in [7, 11) is 1.31. The zero-order valence-corrected chi connectivity index (χ0v) is 16.9. The third-order valence-corrected chi connectivity index (χ3v) is 5.13. The van der Waals surface area contributed by atoms with Crippen molar-refractivity contribution < 1.29 is 19.1 Å². The third kappa shape index (κ3) is 4.71. The average Bonchev–Trinajstić information content (AvgIpc) is 3.11. The molecule has 0 unspecified atom stereocenters. The molecule has 0 aliphatic carbocycles. The van der Waals surface area contributed by atoms with Crippen molar-refractivity contribution in [3.8, 4) is 16.9 Å². The number of hydrogen-bond acceptors (Lipinski definition) is 5. The fourth-order valence-corrected chi connectivity index (χ4v) is 3.64. The number of halogens is 1. The predicted octanol–water partition coefficient (Wildman–Crippen LogP) is 5.18. The molecule has 1 N–H and O–H groups in total. The van der Waals surface area contributed by atoms with E-state index in [9.17, 15) is 9.59 Å². The lowest BCUT2D eigenvalue weighted by molar-refractivity contribution is -0.118. The Morgan fingerprint density at radius 2 is 1.75 bits per heavy atom. The molecule has 3 aromatic rings. The first-order chi connectivity index (χ1) is 13.5. The fourth-order valence-electron chi connectivity index (χ4n) is 2.54. The summed E-state index contributed by atoms with van der Waals surface area (Å²) < 4.78 is 10.4. The molecule has 0 saturated carbocycles. The number of esters is 1. The number of methoxy groups -OCH3 is 1. The van der Waals surface area contributed by atoms with E-state index in [-0.39, 0.29) is 12.5 Å². The molecule has 1 heterocycles. The molecule has 0 bridgehead atoms. The largest absolute Gasteiger partial charge is 0.484 e. The van der Waals surface area contributed by atoms with E-state index in [4.69, 9.17) is 21.1 Å². The molecule has 0 spiro atoms. The molecule has 0 fully saturated rings. The minimum absolute atomic E-state index is 0.194. The first-order valence-corrected chi connectivity index (χ1v) is 9.68. The Labute approximate surface area is 171 Å². The van der Waals surface area contributed by atoms with Crippen LogP contribution in [0.5, 0.6) is 5.75 Å². The van der Waals surface area contributed by atoms with E-state index in [1.165, 1.54) is 18.4 Å². The van der Waals surface area contributed by atoms with Crippen LogP contribution in [0.3, 0.4) is 0 Å². The first-order valence-electron chi connectivity index (χ1n) is 8.43. The molecule has 1 amide bonds. The summed E-state index contributed by atoms with van der Waals surface area (Å²) in [5.41, 5.74) is 3.04. The quantitative estimate of drug-likeness (QED) is 0.563. The Morgan fingerprint density at radius 1 is 1.07 bits per heavy atom. The van der Waals surface area contributed by atoms with Gasteiger partial charge in [0, 0.05) is 16.0 Å². The van der Waals surface area contributed by atoms with E-state index in [1.807, 2.05) is 36.6 Å². The molecule has 5 nitrogen and oxygen atoms in total. The van der Waals surface area contributed by atoms with Crippen molar-refractivity contribution in [1.82, 2.24) is 0 Å². The third-order valence-electron chi connectivity index (χ3n) is 3.98. The van der Waals surface area contributed by atoms with Gasteiger partial charge in [0.25, 0.3) is 5.91 Å². The number of anilines is 1. The van der Waals surface area contributed by atoms with Crippen LogP contribution in [-0.4, -0.2) is 25.6 Å². The SMILES string of the molecule is COC(=O)c1c(-c2ccc(C)cc2)csc1NC(=O)COc1ccc(Cl)cc1. The summed E-state index contributed by atoms with van der Waals surface area (Å²) in [6.07, 6.45) is 0. The molecule has 28 heavy (non-hydrogen) atoms. The molecule has 0 saturated heterocycles. The maximum Gasteiger partial charge on any atom is 0.341 e. The fraction of sp³-hybridized carbons (Fsp3) is 0.143. The maximum atomic E-state index is 12.3. The van der Waals surface area contributed by atoms with Crippen LogP contribution >= 0.6 is 22.9 Å². The van der Waals surface area contributed by atoms with Crippen LogP contribution in [0.2, 0.25) is 5.02 Å². The number of hydrogen-bond donors (Lipinski definition) is 1. The number of benzene rings is 2. The molecule has 3 rings (SSSR count). The number of carbonyl (C=O) groups excluding carboxylic acids is 2. The van der Waals surface area contributed by atoms with Crippen molar-refractivity contribution in [2.75, 3.05) is 19.0 Å². The maximum absolute atomic E-state index is 12.3. The Bertz CT molecular complexity index is 981. The highest BCUT2D eigenvalue weighted by Gasteiger charge is 2.22. The van der Waals surface area contributed by atoms with Crippen LogP contribution in [0.25, 0.3) is 11.1 Å². The second kappa shape index (κ2) is 8.91. The molecule has 7 heteroatoms. The molecule has 144 valence electrons. The van der Waals surface area contributed by atoms with E-state index in [0.29, 0.717) is 26.9 Å². The highest BCUT2D eigenvalue weighted by Crippen LogP contribution is 2.36. The van der Waals surface area contributed by atoms with Gasteiger partial charge in [-0.05, 0) is 36.8 Å². The summed E-state index contributed by atoms with van der Waals surface area (Å²) in [5.74, 6) is -0.359. The van der Waals surface area contributed by atoms with E-state index in [1.54, 1.807) is 24.3 Å². The van der Waals surface area contributed by atoms with Crippen LogP contribution in [0.4, 0.5) is 5.00 Å². The van der Waals surface area contributed by atoms with Crippen molar-refractivity contribution >= 4 is 39.8 Å². The number of amides is 1. The van der Waals surface area contributed by atoms with Gasteiger partial charge in [0.05, 0.1) is 7.11 Å². The second-order valence-electron chi connectivity index (χ2n) is 6.00. The van der Waals surface area contributed by atoms with Gasteiger partial charge in [-0.3, -0.25) is 4.79 Å². The van der Waals surface area contributed by atoms with Crippen molar-refractivity contribution in [1.29, 1.82) is 0 Å². The predicted molar refractivity (Wildman–Crippen MR) is 111 cm³/mol. The Balaban J connectivity index is 1.77. The van der Waals surface area contributed by atoms with Gasteiger partial charge in [-0.1, -0.05) is 41.4 Å². The Morgan fingerprint density at radius 3 is 2.39 bits per heavy atom. The second-order valence-corrected chi connectivity index (χ2v) is 7.32. The smallest absolute Gasteiger partial charge is 0.341 e. The molecular formula is C21H18ClNO4S. The number of thiophene rings is 1. The number of carbonyl (C=O) groups is 2. The van der Waals surface area contributed by atoms with Gasteiger partial charge >= 0.3 is 5.97 Å². The van der Waals surface area contributed by atoms with Gasteiger partial charge in [0.15, 0.2) is 6.61 Å². The molecule has 0 aliphatic rings. The zero-order chi connectivity index (χ0) is 20.1. The summed E-state index contributed by atoms with van der Waals surface area (Å²) in [6.45, 7) is 1.80. The van der Waals surface area contributed by atoms with Crippen molar-refractivity contribution in [2.45, 2.75) is 6.92 Å². The molecule has 0 aliphatic heterocycles. The lowest BCUT2D eigenvalue weighted by Crippen LogP contribution is -2.21. The summed E-state index contributed by atoms with van der Waals surface area (Å²) in [5, 5.41) is 5.57. The van der Waals surface area contributed by atoms with Crippen LogP contribution < -0.4 is 10.1 Å². The van der Waals surface area contributed by atoms with Crippen molar-refractivity contribution in [3.05, 3.63) is 70.1 Å². The highest BCUT2D eigenvalue weighted by molar-refractivity contribution is 7.15. The summed E-state index contributed by atoms with van der Waals surface area (Å²) in [4.78, 5) is 24.6. The molecule has 2 aromatic carbocycles. The summed E-state index contributed by atoms with van der Waals surface area (Å²) in [6, 6.07) is 14.5. The zero-order valence-electron chi connectivity index (χ0n) is 15.3. The lowest BCUT2D eigenvalue weighted by Gasteiger charge is -2.09. The van der Waals surface area contributed by atoms with Crippen LogP contribution in [0.15, 0.2) is 53.9 Å². The lowest BCUT2D eigenvalue weighted by atomic mass is 10.0. The molecule has 1 aromatic heterocycles. The van der Waals surface area contributed by atoms with Gasteiger partial charge < -0.3 is 14.8 Å². The van der Waals surface area contributed by atoms with Gasteiger partial charge in [0.1, 0.15) is 16.3 Å². The molecule has 0 atom stereocenters. The van der Waals surface area contributed by atoms with Gasteiger partial charge in [0.2, 0.25) is 0 Å².